The van der Waals surface area contributed by atoms with Crippen LogP contribution in [0.3, 0.4) is 0 Å². The standard InChI is InChI=1S/C16H20ClN5O.HI/c1-18-16(20-10-11-5-6-11)19-8-7-14-21-15(22-23-14)12-3-2-4-13(17)9-12;/h2-4,9,11H,5-8,10H2,1H3,(H2,18,19,20);1H. The number of hydrogen-bond donors (Lipinski definition) is 2. The van der Waals surface area contributed by atoms with E-state index in [0.29, 0.717) is 29.7 Å². The summed E-state index contributed by atoms with van der Waals surface area (Å²) >= 11 is 5.98. The highest BCUT2D eigenvalue weighted by molar-refractivity contribution is 14.0. The van der Waals surface area contributed by atoms with E-state index in [1.807, 2.05) is 24.3 Å². The van der Waals surface area contributed by atoms with Crippen LogP contribution in [0.15, 0.2) is 33.8 Å². The lowest BCUT2D eigenvalue weighted by Crippen LogP contribution is -2.39. The van der Waals surface area contributed by atoms with Crippen molar-refractivity contribution in [2.24, 2.45) is 10.9 Å². The smallest absolute Gasteiger partial charge is 0.228 e. The molecule has 6 nitrogen and oxygen atoms in total. The molecule has 1 aromatic carbocycles. The monoisotopic (exact) mass is 461 g/mol. The second-order valence-corrected chi connectivity index (χ2v) is 6.03. The Morgan fingerprint density at radius 1 is 1.38 bits per heavy atom. The highest BCUT2D eigenvalue weighted by Gasteiger charge is 2.21. The van der Waals surface area contributed by atoms with Gasteiger partial charge in [0, 0.05) is 37.1 Å². The fraction of sp³-hybridized carbons (Fsp3) is 0.438. The van der Waals surface area contributed by atoms with Crippen molar-refractivity contribution in [1.29, 1.82) is 0 Å². The van der Waals surface area contributed by atoms with Gasteiger partial charge in [-0.2, -0.15) is 4.98 Å². The zero-order valence-corrected chi connectivity index (χ0v) is 16.5. The zero-order chi connectivity index (χ0) is 16.1. The minimum atomic E-state index is 0. The summed E-state index contributed by atoms with van der Waals surface area (Å²) in [4.78, 5) is 8.59. The van der Waals surface area contributed by atoms with Gasteiger partial charge in [-0.25, -0.2) is 0 Å². The maximum Gasteiger partial charge on any atom is 0.228 e. The average Bonchev–Trinajstić information content (AvgIpc) is 3.27. The second-order valence-electron chi connectivity index (χ2n) is 5.60. The first-order chi connectivity index (χ1) is 11.2. The molecule has 1 aromatic heterocycles. The van der Waals surface area contributed by atoms with E-state index in [9.17, 15) is 0 Å². The van der Waals surface area contributed by atoms with Crippen molar-refractivity contribution in [3.63, 3.8) is 0 Å². The van der Waals surface area contributed by atoms with Gasteiger partial charge >= 0.3 is 0 Å². The molecule has 1 fully saturated rings. The molecule has 0 spiro atoms. The Kier molecular flexibility index (Phi) is 7.29. The van der Waals surface area contributed by atoms with Crippen molar-refractivity contribution in [3.8, 4) is 11.4 Å². The Bertz CT molecular complexity index is 687. The van der Waals surface area contributed by atoms with Crippen molar-refractivity contribution in [2.75, 3.05) is 20.1 Å². The summed E-state index contributed by atoms with van der Waals surface area (Å²) in [5, 5.41) is 11.2. The summed E-state index contributed by atoms with van der Waals surface area (Å²) in [5.41, 5.74) is 0.849. The van der Waals surface area contributed by atoms with Gasteiger partial charge in [0.25, 0.3) is 0 Å². The van der Waals surface area contributed by atoms with Crippen LogP contribution in [-0.2, 0) is 6.42 Å². The molecule has 0 radical (unpaired) electrons. The highest BCUT2D eigenvalue weighted by atomic mass is 127. The first-order valence-electron chi connectivity index (χ1n) is 7.77. The summed E-state index contributed by atoms with van der Waals surface area (Å²) < 4.78 is 5.28. The van der Waals surface area contributed by atoms with Crippen LogP contribution in [0.5, 0.6) is 0 Å². The summed E-state index contributed by atoms with van der Waals surface area (Å²) in [6.07, 6.45) is 3.27. The molecule has 0 atom stereocenters. The molecule has 0 unspecified atom stereocenters. The third kappa shape index (κ3) is 5.62. The number of halogens is 2. The molecule has 0 aliphatic heterocycles. The van der Waals surface area contributed by atoms with Crippen LogP contribution in [0.4, 0.5) is 0 Å². The van der Waals surface area contributed by atoms with Crippen molar-refractivity contribution in [2.45, 2.75) is 19.3 Å². The molecule has 1 aliphatic carbocycles. The molecule has 0 bridgehead atoms. The number of guanidine groups is 1. The van der Waals surface area contributed by atoms with Crippen molar-refractivity contribution < 1.29 is 4.52 Å². The molecule has 1 heterocycles. The number of aliphatic imine (C=N–C) groups is 1. The van der Waals surface area contributed by atoms with Gasteiger partial charge in [0.2, 0.25) is 11.7 Å². The quantitative estimate of drug-likeness (QED) is 0.393. The Labute approximate surface area is 163 Å². The van der Waals surface area contributed by atoms with E-state index in [-0.39, 0.29) is 24.0 Å². The molecule has 2 aromatic rings. The highest BCUT2D eigenvalue weighted by Crippen LogP contribution is 2.27. The number of hydrogen-bond acceptors (Lipinski definition) is 4. The molecule has 8 heteroatoms. The molecule has 2 N–H and O–H groups in total. The maximum atomic E-state index is 5.98. The third-order valence-corrected chi connectivity index (χ3v) is 3.90. The number of aromatic nitrogens is 2. The van der Waals surface area contributed by atoms with Gasteiger partial charge in [-0.15, -0.1) is 24.0 Å². The topological polar surface area (TPSA) is 75.3 Å². The predicted molar refractivity (Wildman–Crippen MR) is 106 cm³/mol. The summed E-state index contributed by atoms with van der Waals surface area (Å²) in [7, 11) is 1.77. The fourth-order valence-electron chi connectivity index (χ4n) is 2.17. The molecule has 130 valence electrons. The Hall–Kier alpha value is -1.35. The minimum Gasteiger partial charge on any atom is -0.356 e. The molecular formula is C16H21ClIN5O. The summed E-state index contributed by atoms with van der Waals surface area (Å²) in [5.74, 6) is 2.76. The van der Waals surface area contributed by atoms with Crippen molar-refractivity contribution in [3.05, 3.63) is 35.2 Å². The Morgan fingerprint density at radius 3 is 2.92 bits per heavy atom. The Balaban J connectivity index is 0.00000208. The van der Waals surface area contributed by atoms with E-state index in [4.69, 9.17) is 16.1 Å². The van der Waals surface area contributed by atoms with Crippen LogP contribution in [-0.4, -0.2) is 36.2 Å². The van der Waals surface area contributed by atoms with Gasteiger partial charge in [0.15, 0.2) is 5.96 Å². The number of nitrogens with one attached hydrogen (secondary N) is 2. The van der Waals surface area contributed by atoms with Gasteiger partial charge in [-0.3, -0.25) is 4.99 Å². The van der Waals surface area contributed by atoms with E-state index in [2.05, 4.69) is 25.8 Å². The fourth-order valence-corrected chi connectivity index (χ4v) is 2.36. The first-order valence-corrected chi connectivity index (χ1v) is 8.15. The van der Waals surface area contributed by atoms with Gasteiger partial charge in [0.05, 0.1) is 0 Å². The van der Waals surface area contributed by atoms with Crippen LogP contribution in [0.2, 0.25) is 5.02 Å². The van der Waals surface area contributed by atoms with Gasteiger partial charge in [0.1, 0.15) is 0 Å². The molecule has 0 amide bonds. The van der Waals surface area contributed by atoms with Gasteiger partial charge in [-0.1, -0.05) is 28.9 Å². The minimum absolute atomic E-state index is 0. The molecule has 1 aliphatic rings. The Morgan fingerprint density at radius 2 is 2.21 bits per heavy atom. The van der Waals surface area contributed by atoms with Crippen LogP contribution in [0.25, 0.3) is 11.4 Å². The molecule has 1 saturated carbocycles. The first kappa shape index (κ1) is 19.0. The lowest BCUT2D eigenvalue weighted by Gasteiger charge is -2.10. The molecule has 0 saturated heterocycles. The number of benzene rings is 1. The summed E-state index contributed by atoms with van der Waals surface area (Å²) in [6, 6.07) is 7.40. The predicted octanol–water partition coefficient (Wildman–Crippen LogP) is 3.13. The van der Waals surface area contributed by atoms with Gasteiger partial charge < -0.3 is 15.2 Å². The zero-order valence-electron chi connectivity index (χ0n) is 13.5. The third-order valence-electron chi connectivity index (χ3n) is 3.66. The SMILES string of the molecule is CN=C(NCCc1nc(-c2cccc(Cl)c2)no1)NCC1CC1.I. The normalized spacial score (nSPS) is 14.2. The van der Waals surface area contributed by atoms with Crippen LogP contribution < -0.4 is 10.6 Å². The van der Waals surface area contributed by atoms with Crippen LogP contribution >= 0.6 is 35.6 Å². The maximum absolute atomic E-state index is 5.98. The van der Waals surface area contributed by atoms with E-state index < -0.39 is 0 Å². The lowest BCUT2D eigenvalue weighted by atomic mass is 10.2. The van der Waals surface area contributed by atoms with Crippen LogP contribution in [0, 0.1) is 5.92 Å². The van der Waals surface area contributed by atoms with Crippen molar-refractivity contribution >= 4 is 41.5 Å². The average molecular weight is 462 g/mol. The lowest BCUT2D eigenvalue weighted by molar-refractivity contribution is 0.378. The summed E-state index contributed by atoms with van der Waals surface area (Å²) in [6.45, 7) is 1.67. The molecule has 24 heavy (non-hydrogen) atoms. The van der Waals surface area contributed by atoms with Gasteiger partial charge in [-0.05, 0) is 30.9 Å². The van der Waals surface area contributed by atoms with E-state index >= 15 is 0 Å². The largest absolute Gasteiger partial charge is 0.356 e. The number of rotatable bonds is 6. The van der Waals surface area contributed by atoms with Crippen molar-refractivity contribution in [1.82, 2.24) is 20.8 Å². The number of nitrogens with zero attached hydrogens (tertiary/aromatic N) is 3. The molecular weight excluding hydrogens is 441 g/mol. The van der Waals surface area contributed by atoms with E-state index in [0.717, 1.165) is 24.0 Å². The van der Waals surface area contributed by atoms with E-state index in [1.165, 1.54) is 12.8 Å². The van der Waals surface area contributed by atoms with Crippen LogP contribution in [0.1, 0.15) is 18.7 Å². The molecule has 3 rings (SSSR count). The second kappa shape index (κ2) is 9.22. The van der Waals surface area contributed by atoms with E-state index in [1.54, 1.807) is 7.05 Å².